The second-order valence-corrected chi connectivity index (χ2v) is 9.22. The molecule has 1 rings (SSSR count). The summed E-state index contributed by atoms with van der Waals surface area (Å²) < 4.78 is 123. The van der Waals surface area contributed by atoms with Crippen molar-refractivity contribution in [2.75, 3.05) is 6.54 Å². The van der Waals surface area contributed by atoms with Crippen molar-refractivity contribution in [3.05, 3.63) is 0 Å². The van der Waals surface area contributed by atoms with E-state index in [1.807, 2.05) is 0 Å². The summed E-state index contributed by atoms with van der Waals surface area (Å²) in [6.07, 6.45) is -0.872. The fourth-order valence-electron chi connectivity index (χ4n) is 1.48. The second-order valence-electron chi connectivity index (χ2n) is 5.18. The Labute approximate surface area is 121 Å². The first-order valence-corrected chi connectivity index (χ1v) is 8.35. The summed E-state index contributed by atoms with van der Waals surface area (Å²) in [5.41, 5.74) is -1.82. The maximum Gasteiger partial charge on any atom is 0.429 e. The molecule has 1 saturated heterocycles. The van der Waals surface area contributed by atoms with Crippen molar-refractivity contribution in [2.24, 2.45) is 0 Å². The number of hydrogen-bond acceptors (Lipinski definition) is 5. The molecule has 0 radical (unpaired) electrons. The van der Waals surface area contributed by atoms with E-state index in [2.05, 4.69) is 0 Å². The highest BCUT2D eigenvalue weighted by Gasteiger charge is 2.88. The molecule has 0 aromatic heterocycles. The van der Waals surface area contributed by atoms with Crippen molar-refractivity contribution in [3.63, 3.8) is 0 Å². The molecule has 0 saturated carbocycles. The summed E-state index contributed by atoms with van der Waals surface area (Å²) in [4.78, 5) is 0. The van der Waals surface area contributed by atoms with Crippen LogP contribution in [0.15, 0.2) is 0 Å². The first-order chi connectivity index (χ1) is 9.34. The number of rotatable bonds is 3. The number of sulfonamides is 2. The van der Waals surface area contributed by atoms with Gasteiger partial charge in [0.2, 0.25) is 0 Å². The number of hydrogen-bond donors (Lipinski definition) is 1. The van der Waals surface area contributed by atoms with Gasteiger partial charge in [-0.05, 0) is 20.3 Å². The van der Waals surface area contributed by atoms with Crippen LogP contribution in [0.2, 0.25) is 0 Å². The molecule has 132 valence electrons. The zero-order valence-corrected chi connectivity index (χ0v) is 12.7. The van der Waals surface area contributed by atoms with Crippen LogP contribution >= 0.6 is 0 Å². The van der Waals surface area contributed by atoms with Crippen molar-refractivity contribution in [1.82, 2.24) is 3.71 Å². The van der Waals surface area contributed by atoms with Crippen LogP contribution in [0.25, 0.3) is 0 Å². The third-order valence-corrected chi connectivity index (χ3v) is 7.24. The standard InChI is InChI=1S/C8H11F6NO5S2/c1-5(2,16)3-4-15-21(17,18)7(11,12)6(9,10)8(13,14)22(15,19)20/h16H,3-4H2,1-2H3. The third kappa shape index (κ3) is 2.30. The molecular weight excluding hydrogens is 368 g/mol. The minimum Gasteiger partial charge on any atom is -0.390 e. The lowest BCUT2D eigenvalue weighted by Gasteiger charge is -2.41. The summed E-state index contributed by atoms with van der Waals surface area (Å²) in [5.74, 6) is -6.65. The quantitative estimate of drug-likeness (QED) is 0.737. The molecule has 1 aliphatic heterocycles. The van der Waals surface area contributed by atoms with E-state index in [0.717, 1.165) is 13.8 Å². The normalized spacial score (nSPS) is 29.1. The molecule has 0 aromatic carbocycles. The van der Waals surface area contributed by atoms with E-state index in [9.17, 15) is 48.3 Å². The van der Waals surface area contributed by atoms with E-state index in [-0.39, 0.29) is 0 Å². The summed E-state index contributed by atoms with van der Waals surface area (Å²) in [6, 6.07) is 0. The van der Waals surface area contributed by atoms with Crippen LogP contribution in [0, 0.1) is 0 Å². The van der Waals surface area contributed by atoms with Gasteiger partial charge >= 0.3 is 16.4 Å². The number of aliphatic hydroxyl groups is 1. The highest BCUT2D eigenvalue weighted by atomic mass is 32.3. The van der Waals surface area contributed by atoms with Crippen LogP contribution in [0.1, 0.15) is 20.3 Å². The van der Waals surface area contributed by atoms with Crippen LogP contribution in [0.4, 0.5) is 26.3 Å². The lowest BCUT2D eigenvalue weighted by atomic mass is 10.1. The zero-order valence-electron chi connectivity index (χ0n) is 11.0. The van der Waals surface area contributed by atoms with E-state index in [1.165, 1.54) is 0 Å². The topological polar surface area (TPSA) is 91.8 Å². The predicted molar refractivity (Wildman–Crippen MR) is 60.3 cm³/mol. The van der Waals surface area contributed by atoms with Crippen molar-refractivity contribution >= 4 is 20.0 Å². The second kappa shape index (κ2) is 4.70. The van der Waals surface area contributed by atoms with E-state index in [4.69, 9.17) is 0 Å². The molecule has 0 bridgehead atoms. The van der Waals surface area contributed by atoms with Crippen molar-refractivity contribution in [1.29, 1.82) is 0 Å². The molecule has 0 aromatic rings. The van der Waals surface area contributed by atoms with E-state index in [0.29, 0.717) is 0 Å². The maximum atomic E-state index is 13.3. The van der Waals surface area contributed by atoms with Crippen LogP contribution in [-0.4, -0.2) is 54.2 Å². The molecule has 0 unspecified atom stereocenters. The molecule has 1 aliphatic rings. The van der Waals surface area contributed by atoms with Gasteiger partial charge in [0.25, 0.3) is 20.0 Å². The Balaban J connectivity index is 3.58. The lowest BCUT2D eigenvalue weighted by molar-refractivity contribution is -0.249. The average molecular weight is 379 g/mol. The molecule has 0 amide bonds. The van der Waals surface area contributed by atoms with Gasteiger partial charge in [-0.25, -0.2) is 16.8 Å². The van der Waals surface area contributed by atoms with Gasteiger partial charge in [0, 0.05) is 6.54 Å². The molecule has 6 nitrogen and oxygen atoms in total. The van der Waals surface area contributed by atoms with Crippen LogP contribution < -0.4 is 0 Å². The molecule has 1 heterocycles. The van der Waals surface area contributed by atoms with Crippen molar-refractivity contribution in [2.45, 2.75) is 42.3 Å². The summed E-state index contributed by atoms with van der Waals surface area (Å²) in [5, 5.41) is -3.37. The maximum absolute atomic E-state index is 13.3. The molecular formula is C8H11F6NO5S2. The SMILES string of the molecule is CC(C)(O)CCN1S(=O)(=O)C(F)(F)C(F)(F)C(F)(F)S1(=O)=O. The van der Waals surface area contributed by atoms with Gasteiger partial charge in [0.15, 0.2) is 0 Å². The number of halogens is 6. The van der Waals surface area contributed by atoms with Gasteiger partial charge in [-0.1, -0.05) is 3.71 Å². The highest BCUT2D eigenvalue weighted by molar-refractivity contribution is 8.05. The fraction of sp³-hybridized carbons (Fsp3) is 1.00. The van der Waals surface area contributed by atoms with E-state index >= 15 is 0 Å². The Bertz CT molecular complexity index is 618. The average Bonchev–Trinajstić information content (AvgIpc) is 2.24. The first kappa shape index (κ1) is 19.4. The van der Waals surface area contributed by atoms with Crippen molar-refractivity contribution < 1.29 is 48.3 Å². The Morgan fingerprint density at radius 3 is 1.50 bits per heavy atom. The Morgan fingerprint density at radius 2 is 1.23 bits per heavy atom. The number of alkyl halides is 6. The minimum atomic E-state index is -6.65. The largest absolute Gasteiger partial charge is 0.429 e. The molecule has 14 heteroatoms. The van der Waals surface area contributed by atoms with Gasteiger partial charge in [0.05, 0.1) is 5.60 Å². The monoisotopic (exact) mass is 379 g/mol. The lowest BCUT2D eigenvalue weighted by Crippen LogP contribution is -2.71. The van der Waals surface area contributed by atoms with E-state index < -0.39 is 58.8 Å². The summed E-state index contributed by atoms with van der Waals surface area (Å²) in [7, 11) is -13.3. The summed E-state index contributed by atoms with van der Waals surface area (Å²) >= 11 is 0. The predicted octanol–water partition coefficient (Wildman–Crippen LogP) is 0.944. The minimum absolute atomic E-state index is 0.872. The summed E-state index contributed by atoms with van der Waals surface area (Å²) in [6.45, 7) is 0.456. The number of nitrogens with zero attached hydrogens (tertiary/aromatic N) is 1. The smallest absolute Gasteiger partial charge is 0.390 e. The van der Waals surface area contributed by atoms with Crippen LogP contribution in [0.3, 0.4) is 0 Å². The van der Waals surface area contributed by atoms with Crippen LogP contribution in [-0.2, 0) is 20.0 Å². The van der Waals surface area contributed by atoms with Gasteiger partial charge in [-0.2, -0.15) is 26.3 Å². The van der Waals surface area contributed by atoms with Gasteiger partial charge in [0.1, 0.15) is 0 Å². The first-order valence-electron chi connectivity index (χ1n) is 5.47. The van der Waals surface area contributed by atoms with Gasteiger partial charge < -0.3 is 5.11 Å². The van der Waals surface area contributed by atoms with Crippen LogP contribution in [0.5, 0.6) is 0 Å². The molecule has 0 atom stereocenters. The molecule has 0 spiro atoms. The third-order valence-electron chi connectivity index (χ3n) is 2.82. The molecule has 0 aliphatic carbocycles. The molecule has 22 heavy (non-hydrogen) atoms. The molecule has 1 N–H and O–H groups in total. The zero-order chi connectivity index (χ0) is 18.0. The van der Waals surface area contributed by atoms with Crippen molar-refractivity contribution in [3.8, 4) is 0 Å². The Hall–Kier alpha value is -0.600. The van der Waals surface area contributed by atoms with Gasteiger partial charge in [-0.3, -0.25) is 0 Å². The highest BCUT2D eigenvalue weighted by Crippen LogP contribution is 2.56. The Kier molecular flexibility index (Phi) is 4.16. The van der Waals surface area contributed by atoms with Gasteiger partial charge in [-0.15, -0.1) is 0 Å². The molecule has 1 fully saturated rings. The fourth-order valence-corrected chi connectivity index (χ4v) is 5.22. The Morgan fingerprint density at radius 1 is 0.909 bits per heavy atom. The van der Waals surface area contributed by atoms with E-state index in [1.54, 1.807) is 0 Å².